The second-order valence-electron chi connectivity index (χ2n) is 8.06. The Bertz CT molecular complexity index is 1290. The van der Waals surface area contributed by atoms with Crippen molar-refractivity contribution in [2.45, 2.75) is 31.4 Å². The van der Waals surface area contributed by atoms with Gasteiger partial charge in [-0.1, -0.05) is 29.8 Å². The van der Waals surface area contributed by atoms with Crippen molar-refractivity contribution in [3.63, 3.8) is 0 Å². The Hall–Kier alpha value is -3.73. The summed E-state index contributed by atoms with van der Waals surface area (Å²) in [7, 11) is 0. The number of benzene rings is 2. The van der Waals surface area contributed by atoms with Crippen LogP contribution in [0.5, 0.6) is 11.5 Å². The number of anilines is 1. The lowest BCUT2D eigenvalue weighted by molar-refractivity contribution is -0.138. The zero-order valence-corrected chi connectivity index (χ0v) is 19.5. The summed E-state index contributed by atoms with van der Waals surface area (Å²) in [6, 6.07) is 10.9. The van der Waals surface area contributed by atoms with Gasteiger partial charge in [-0.3, -0.25) is 4.79 Å². The van der Waals surface area contributed by atoms with E-state index in [0.29, 0.717) is 18.4 Å². The Labute approximate surface area is 212 Å². The fourth-order valence-corrected chi connectivity index (χ4v) is 3.84. The topological polar surface area (TPSA) is 54.5 Å². The van der Waals surface area contributed by atoms with Gasteiger partial charge in [0.05, 0.1) is 16.1 Å². The van der Waals surface area contributed by atoms with E-state index in [1.54, 1.807) is 36.5 Å². The van der Waals surface area contributed by atoms with Crippen molar-refractivity contribution < 1.29 is 35.9 Å². The summed E-state index contributed by atoms with van der Waals surface area (Å²) in [6.45, 7) is 0.151. The maximum atomic E-state index is 12.9. The summed E-state index contributed by atoms with van der Waals surface area (Å²) in [5.41, 5.74) is -1.05. The lowest BCUT2D eigenvalue weighted by Gasteiger charge is -2.25. The van der Waals surface area contributed by atoms with Gasteiger partial charge in [0.15, 0.2) is 5.82 Å². The van der Waals surface area contributed by atoms with Crippen LogP contribution in [0.15, 0.2) is 73.1 Å². The lowest BCUT2D eigenvalue weighted by atomic mass is 10.1. The maximum absolute atomic E-state index is 12.9. The average Bonchev–Trinajstić information content (AvgIpc) is 3.32. The van der Waals surface area contributed by atoms with Gasteiger partial charge in [0.2, 0.25) is 5.91 Å². The molecule has 2 heterocycles. The second-order valence-corrected chi connectivity index (χ2v) is 8.46. The number of aromatic nitrogens is 1. The molecule has 2 aromatic carbocycles. The van der Waals surface area contributed by atoms with Crippen LogP contribution in [0.4, 0.5) is 32.2 Å². The molecule has 1 unspecified atom stereocenters. The average molecular weight is 542 g/mol. The van der Waals surface area contributed by atoms with Gasteiger partial charge < -0.3 is 15.0 Å². The first-order valence-electron chi connectivity index (χ1n) is 10.8. The molecule has 0 saturated carbocycles. The Morgan fingerprint density at radius 2 is 1.57 bits per heavy atom. The Morgan fingerprint density at radius 1 is 0.973 bits per heavy atom. The Kier molecular flexibility index (Phi) is 7.35. The fraction of sp³-hybridized carbons (Fsp3) is 0.200. The third-order valence-electron chi connectivity index (χ3n) is 5.46. The van der Waals surface area contributed by atoms with Gasteiger partial charge in [-0.2, -0.15) is 26.3 Å². The van der Waals surface area contributed by atoms with Crippen LogP contribution in [0, 0.1) is 0 Å². The predicted octanol–water partition coefficient (Wildman–Crippen LogP) is 6.97. The molecule has 0 fully saturated rings. The molecule has 3 aromatic rings. The normalized spacial score (nSPS) is 15.6. The quantitative estimate of drug-likeness (QED) is 0.342. The summed E-state index contributed by atoms with van der Waals surface area (Å²) in [5.74, 6) is 0.281. The van der Waals surface area contributed by atoms with E-state index in [-0.39, 0.29) is 29.0 Å². The zero-order valence-electron chi connectivity index (χ0n) is 18.8. The van der Waals surface area contributed by atoms with E-state index >= 15 is 0 Å². The molecular weight excluding hydrogens is 524 g/mol. The van der Waals surface area contributed by atoms with Gasteiger partial charge in [0.1, 0.15) is 17.5 Å². The molecule has 0 aliphatic carbocycles. The Balaban J connectivity index is 1.35. The number of ether oxygens (including phenoxy) is 1. The summed E-state index contributed by atoms with van der Waals surface area (Å²) < 4.78 is 82.3. The standard InChI is InChI=1S/C25H18ClF6N3O2/c26-20-12-17(25(30,31)32)14-33-22(20)35-11-1-2-21(35)23(36)34-13-15-3-7-18(8-4-15)37-19-9-5-16(6-10-19)24(27,28)29/h1,3-12,14,21H,2,13H2,(H,34,36). The fourth-order valence-electron chi connectivity index (χ4n) is 3.58. The number of nitrogens with zero attached hydrogens (tertiary/aromatic N) is 2. The minimum atomic E-state index is -4.59. The number of hydrogen-bond donors (Lipinski definition) is 1. The van der Waals surface area contributed by atoms with Crippen molar-refractivity contribution in [2.75, 3.05) is 4.90 Å². The van der Waals surface area contributed by atoms with Crippen molar-refractivity contribution >= 4 is 23.3 Å². The molecule has 5 nitrogen and oxygen atoms in total. The van der Waals surface area contributed by atoms with Crippen molar-refractivity contribution in [3.8, 4) is 11.5 Å². The molecule has 1 N–H and O–H groups in total. The minimum Gasteiger partial charge on any atom is -0.457 e. The van der Waals surface area contributed by atoms with Crippen LogP contribution < -0.4 is 15.0 Å². The van der Waals surface area contributed by atoms with Crippen molar-refractivity contribution in [2.24, 2.45) is 0 Å². The van der Waals surface area contributed by atoms with Gasteiger partial charge in [-0.25, -0.2) is 4.98 Å². The molecule has 1 aliphatic heterocycles. The number of nitrogens with one attached hydrogen (secondary N) is 1. The van der Waals surface area contributed by atoms with E-state index in [4.69, 9.17) is 16.3 Å². The molecule has 1 atom stereocenters. The number of carbonyl (C=O) groups excluding carboxylic acids is 1. The van der Waals surface area contributed by atoms with E-state index in [1.165, 1.54) is 17.0 Å². The monoisotopic (exact) mass is 541 g/mol. The number of amides is 1. The first kappa shape index (κ1) is 26.3. The van der Waals surface area contributed by atoms with Crippen molar-refractivity contribution in [1.82, 2.24) is 10.3 Å². The highest BCUT2D eigenvalue weighted by molar-refractivity contribution is 6.33. The Morgan fingerprint density at radius 3 is 2.14 bits per heavy atom. The van der Waals surface area contributed by atoms with Crippen LogP contribution in [0.25, 0.3) is 0 Å². The number of carbonyl (C=O) groups is 1. The van der Waals surface area contributed by atoms with Gasteiger partial charge in [-0.05, 0) is 54.4 Å². The van der Waals surface area contributed by atoms with E-state index in [1.807, 2.05) is 0 Å². The van der Waals surface area contributed by atoms with Crippen LogP contribution in [-0.2, 0) is 23.7 Å². The zero-order chi connectivity index (χ0) is 26.8. The third kappa shape index (κ3) is 6.34. The second kappa shape index (κ2) is 10.3. The largest absolute Gasteiger partial charge is 0.457 e. The number of halogens is 7. The summed E-state index contributed by atoms with van der Waals surface area (Å²) >= 11 is 6.03. The number of rotatable bonds is 6. The molecule has 194 valence electrons. The maximum Gasteiger partial charge on any atom is 0.417 e. The van der Waals surface area contributed by atoms with E-state index in [2.05, 4.69) is 10.3 Å². The molecule has 1 amide bonds. The van der Waals surface area contributed by atoms with Gasteiger partial charge >= 0.3 is 12.4 Å². The lowest BCUT2D eigenvalue weighted by Crippen LogP contribution is -2.42. The van der Waals surface area contributed by atoms with E-state index in [0.717, 1.165) is 23.8 Å². The SMILES string of the molecule is O=C(NCc1ccc(Oc2ccc(C(F)(F)F)cc2)cc1)C1CC=CN1c1ncc(C(F)(F)F)cc1Cl. The highest BCUT2D eigenvalue weighted by Gasteiger charge is 2.34. The molecule has 0 bridgehead atoms. The molecular formula is C25H18ClF6N3O2. The van der Waals surface area contributed by atoms with Gasteiger partial charge in [0, 0.05) is 18.9 Å². The molecule has 0 radical (unpaired) electrons. The van der Waals surface area contributed by atoms with Crippen molar-refractivity contribution in [3.05, 3.63) is 94.8 Å². The predicted molar refractivity (Wildman–Crippen MR) is 124 cm³/mol. The number of hydrogen-bond acceptors (Lipinski definition) is 4. The molecule has 1 aromatic heterocycles. The van der Waals surface area contributed by atoms with Crippen LogP contribution >= 0.6 is 11.6 Å². The molecule has 12 heteroatoms. The number of pyridine rings is 1. The highest BCUT2D eigenvalue weighted by Crippen LogP contribution is 2.35. The molecule has 0 saturated heterocycles. The van der Waals surface area contributed by atoms with E-state index in [9.17, 15) is 31.1 Å². The van der Waals surface area contributed by atoms with E-state index < -0.39 is 29.5 Å². The van der Waals surface area contributed by atoms with Crippen LogP contribution in [-0.4, -0.2) is 16.9 Å². The van der Waals surface area contributed by atoms with Crippen LogP contribution in [0.2, 0.25) is 5.02 Å². The summed E-state index contributed by atoms with van der Waals surface area (Å²) in [4.78, 5) is 18.0. The molecule has 37 heavy (non-hydrogen) atoms. The molecule has 4 rings (SSSR count). The minimum absolute atomic E-state index is 0.0355. The number of alkyl halides is 6. The van der Waals surface area contributed by atoms with Crippen LogP contribution in [0.3, 0.4) is 0 Å². The first-order chi connectivity index (χ1) is 17.4. The molecule has 1 aliphatic rings. The van der Waals surface area contributed by atoms with Crippen molar-refractivity contribution in [1.29, 1.82) is 0 Å². The van der Waals surface area contributed by atoms with Gasteiger partial charge in [-0.15, -0.1) is 0 Å². The van der Waals surface area contributed by atoms with Crippen LogP contribution in [0.1, 0.15) is 23.1 Å². The highest BCUT2D eigenvalue weighted by atomic mass is 35.5. The molecule has 0 spiro atoms. The van der Waals surface area contributed by atoms with Gasteiger partial charge in [0.25, 0.3) is 0 Å². The summed E-state index contributed by atoms with van der Waals surface area (Å²) in [6.07, 6.45) is -4.82. The first-order valence-corrected chi connectivity index (χ1v) is 11.2. The summed E-state index contributed by atoms with van der Waals surface area (Å²) in [5, 5.41) is 2.53. The third-order valence-corrected chi connectivity index (χ3v) is 5.74. The smallest absolute Gasteiger partial charge is 0.417 e.